The summed E-state index contributed by atoms with van der Waals surface area (Å²) in [7, 11) is 0. The molecular weight excluding hydrogens is 378 g/mol. The van der Waals surface area contributed by atoms with Crippen LogP contribution in [-0.4, -0.2) is 12.4 Å². The Balaban J connectivity index is 1.35. The molecule has 0 radical (unpaired) electrons. The quantitative estimate of drug-likeness (QED) is 0.332. The van der Waals surface area contributed by atoms with Gasteiger partial charge in [0.25, 0.3) is 0 Å². The molecule has 0 aliphatic rings. The first-order chi connectivity index (χ1) is 15.1. The van der Waals surface area contributed by atoms with Gasteiger partial charge in [0.15, 0.2) is 0 Å². The van der Waals surface area contributed by atoms with Crippen molar-refractivity contribution in [1.29, 1.82) is 0 Å². The Labute approximate surface area is 183 Å². The summed E-state index contributed by atoms with van der Waals surface area (Å²) in [4.78, 5) is 9.09. The zero-order chi connectivity index (χ0) is 21.5. The van der Waals surface area contributed by atoms with Gasteiger partial charge in [0.2, 0.25) is 0 Å². The summed E-state index contributed by atoms with van der Waals surface area (Å²) in [5.41, 5.74) is 8.57. The molecule has 31 heavy (non-hydrogen) atoms. The number of nitrogens with one attached hydrogen (secondary N) is 1. The molecule has 0 saturated carbocycles. The van der Waals surface area contributed by atoms with Crippen molar-refractivity contribution in [2.24, 2.45) is 9.98 Å². The Bertz CT molecular complexity index is 1070. The van der Waals surface area contributed by atoms with Crippen LogP contribution in [0, 0.1) is 13.8 Å². The second-order valence-corrected chi connectivity index (χ2v) is 7.56. The summed E-state index contributed by atoms with van der Waals surface area (Å²) in [5, 5.41) is 3.41. The molecule has 3 nitrogen and oxygen atoms in total. The standard InChI is InChI=1S/C28H25N3/c1-21-3-7-23(8-4-21)19-29-25-11-15-27(16-12-25)31-28-17-13-26(14-18-28)30-20-24-9-5-22(2)6-10-24/h3-20,31H,1-2H3/b29-19+,30-20+. The third kappa shape index (κ3) is 6.00. The average Bonchev–Trinajstić information content (AvgIpc) is 2.80. The maximum Gasteiger partial charge on any atom is 0.0631 e. The van der Waals surface area contributed by atoms with Gasteiger partial charge < -0.3 is 5.32 Å². The highest BCUT2D eigenvalue weighted by molar-refractivity contribution is 5.83. The zero-order valence-electron chi connectivity index (χ0n) is 17.8. The van der Waals surface area contributed by atoms with Crippen LogP contribution in [0.15, 0.2) is 107 Å². The fourth-order valence-corrected chi connectivity index (χ4v) is 3.03. The molecule has 0 spiro atoms. The van der Waals surface area contributed by atoms with E-state index in [1.807, 2.05) is 61.0 Å². The van der Waals surface area contributed by atoms with Gasteiger partial charge in [-0.25, -0.2) is 0 Å². The number of hydrogen-bond acceptors (Lipinski definition) is 3. The molecule has 152 valence electrons. The lowest BCUT2D eigenvalue weighted by atomic mass is 10.2. The van der Waals surface area contributed by atoms with Crippen LogP contribution in [0.3, 0.4) is 0 Å². The van der Waals surface area contributed by atoms with E-state index < -0.39 is 0 Å². The van der Waals surface area contributed by atoms with Crippen molar-refractivity contribution in [3.63, 3.8) is 0 Å². The molecular formula is C28H25N3. The monoisotopic (exact) mass is 403 g/mol. The summed E-state index contributed by atoms with van der Waals surface area (Å²) in [6.45, 7) is 4.16. The molecule has 0 bridgehead atoms. The fraction of sp³-hybridized carbons (Fsp3) is 0.0714. The first kappa shape index (κ1) is 20.3. The van der Waals surface area contributed by atoms with Gasteiger partial charge >= 0.3 is 0 Å². The van der Waals surface area contributed by atoms with Crippen molar-refractivity contribution in [1.82, 2.24) is 0 Å². The summed E-state index contributed by atoms with van der Waals surface area (Å²) in [5.74, 6) is 0. The Morgan fingerprint density at radius 1 is 0.484 bits per heavy atom. The average molecular weight is 404 g/mol. The molecule has 4 aromatic rings. The van der Waals surface area contributed by atoms with Crippen LogP contribution in [0.4, 0.5) is 22.7 Å². The number of aliphatic imine (C=N–C) groups is 2. The van der Waals surface area contributed by atoms with E-state index in [9.17, 15) is 0 Å². The molecule has 0 heterocycles. The molecule has 4 rings (SSSR count). The molecule has 0 atom stereocenters. The van der Waals surface area contributed by atoms with Crippen LogP contribution in [0.5, 0.6) is 0 Å². The van der Waals surface area contributed by atoms with E-state index in [1.165, 1.54) is 11.1 Å². The van der Waals surface area contributed by atoms with Crippen molar-refractivity contribution in [2.75, 3.05) is 5.32 Å². The largest absolute Gasteiger partial charge is 0.356 e. The van der Waals surface area contributed by atoms with E-state index in [1.54, 1.807) is 0 Å². The summed E-state index contributed by atoms with van der Waals surface area (Å²) >= 11 is 0. The molecule has 3 heteroatoms. The van der Waals surface area contributed by atoms with Crippen molar-refractivity contribution in [2.45, 2.75) is 13.8 Å². The van der Waals surface area contributed by atoms with E-state index in [4.69, 9.17) is 0 Å². The number of hydrogen-bond donors (Lipinski definition) is 1. The van der Waals surface area contributed by atoms with E-state index in [0.29, 0.717) is 0 Å². The number of anilines is 2. The Morgan fingerprint density at radius 3 is 1.19 bits per heavy atom. The van der Waals surface area contributed by atoms with Crippen molar-refractivity contribution in [3.05, 3.63) is 119 Å². The third-order valence-electron chi connectivity index (χ3n) is 4.90. The molecule has 0 amide bonds. The lowest BCUT2D eigenvalue weighted by molar-refractivity contribution is 1.45. The maximum atomic E-state index is 4.55. The van der Waals surface area contributed by atoms with E-state index in [-0.39, 0.29) is 0 Å². The Hall–Kier alpha value is -3.98. The van der Waals surface area contributed by atoms with E-state index >= 15 is 0 Å². The van der Waals surface area contributed by atoms with Gasteiger partial charge in [-0.3, -0.25) is 9.98 Å². The van der Waals surface area contributed by atoms with Gasteiger partial charge in [0.05, 0.1) is 11.4 Å². The first-order valence-electron chi connectivity index (χ1n) is 10.3. The second kappa shape index (κ2) is 9.68. The van der Waals surface area contributed by atoms with Crippen LogP contribution in [0.2, 0.25) is 0 Å². The van der Waals surface area contributed by atoms with Crippen LogP contribution < -0.4 is 5.32 Å². The van der Waals surface area contributed by atoms with Gasteiger partial charge in [-0.1, -0.05) is 59.7 Å². The second-order valence-electron chi connectivity index (χ2n) is 7.56. The molecule has 0 saturated heterocycles. The smallest absolute Gasteiger partial charge is 0.0631 e. The zero-order valence-corrected chi connectivity index (χ0v) is 17.8. The minimum atomic E-state index is 0.923. The highest BCUT2D eigenvalue weighted by atomic mass is 14.9. The van der Waals surface area contributed by atoms with Gasteiger partial charge in [0.1, 0.15) is 0 Å². The highest BCUT2D eigenvalue weighted by Crippen LogP contribution is 2.22. The molecule has 0 fully saturated rings. The van der Waals surface area contributed by atoms with Crippen LogP contribution in [0.25, 0.3) is 0 Å². The topological polar surface area (TPSA) is 36.8 Å². The first-order valence-corrected chi connectivity index (χ1v) is 10.3. The predicted molar refractivity (Wildman–Crippen MR) is 133 cm³/mol. The molecule has 0 aliphatic carbocycles. The van der Waals surface area contributed by atoms with Crippen LogP contribution >= 0.6 is 0 Å². The minimum Gasteiger partial charge on any atom is -0.356 e. The van der Waals surface area contributed by atoms with E-state index in [2.05, 4.69) is 77.7 Å². The summed E-state index contributed by atoms with van der Waals surface area (Å²) < 4.78 is 0. The minimum absolute atomic E-state index is 0.923. The van der Waals surface area contributed by atoms with E-state index in [0.717, 1.165) is 33.9 Å². The molecule has 0 aliphatic heterocycles. The molecule has 1 N–H and O–H groups in total. The van der Waals surface area contributed by atoms with Crippen LogP contribution in [0.1, 0.15) is 22.3 Å². The predicted octanol–water partition coefficient (Wildman–Crippen LogP) is 7.55. The van der Waals surface area contributed by atoms with Crippen molar-refractivity contribution >= 4 is 35.2 Å². The SMILES string of the molecule is Cc1ccc(/C=N/c2ccc(Nc3ccc(/N=C/c4ccc(C)cc4)cc3)cc2)cc1. The molecule has 0 unspecified atom stereocenters. The number of benzene rings is 4. The normalized spacial score (nSPS) is 11.3. The van der Waals surface area contributed by atoms with Gasteiger partial charge in [-0.2, -0.15) is 0 Å². The maximum absolute atomic E-state index is 4.55. The van der Waals surface area contributed by atoms with Gasteiger partial charge in [-0.15, -0.1) is 0 Å². The Morgan fingerprint density at radius 2 is 0.839 bits per heavy atom. The lowest BCUT2D eigenvalue weighted by Crippen LogP contribution is -1.89. The third-order valence-corrected chi connectivity index (χ3v) is 4.90. The fourth-order valence-electron chi connectivity index (χ4n) is 3.03. The lowest BCUT2D eigenvalue weighted by Gasteiger charge is -2.07. The van der Waals surface area contributed by atoms with Gasteiger partial charge in [0, 0.05) is 23.8 Å². The number of nitrogens with zero attached hydrogens (tertiary/aromatic N) is 2. The van der Waals surface area contributed by atoms with Crippen LogP contribution in [-0.2, 0) is 0 Å². The molecule has 4 aromatic carbocycles. The number of aryl methyl sites for hydroxylation is 2. The van der Waals surface area contributed by atoms with Crippen molar-refractivity contribution in [3.8, 4) is 0 Å². The van der Waals surface area contributed by atoms with Crippen molar-refractivity contribution < 1.29 is 0 Å². The molecule has 0 aromatic heterocycles. The summed E-state index contributed by atoms with van der Waals surface area (Å²) in [6.07, 6.45) is 3.77. The Kier molecular flexibility index (Phi) is 6.34. The number of rotatable bonds is 6. The summed E-state index contributed by atoms with van der Waals surface area (Å²) in [6, 6.07) is 32.8. The highest BCUT2D eigenvalue weighted by Gasteiger charge is 1.97. The van der Waals surface area contributed by atoms with Gasteiger partial charge in [-0.05, 0) is 73.5 Å².